The Hall–Kier alpha value is -2.85. The van der Waals surface area contributed by atoms with Crippen LogP contribution in [0.25, 0.3) is 0 Å². The molecule has 1 unspecified atom stereocenters. The second-order valence-electron chi connectivity index (χ2n) is 16.6. The molecule has 56 heavy (non-hydrogen) atoms. The molecule has 2 aliphatic heterocycles. The van der Waals surface area contributed by atoms with E-state index in [9.17, 15) is 30.0 Å². The van der Waals surface area contributed by atoms with Crippen molar-refractivity contribution in [3.63, 3.8) is 0 Å². The Bertz CT molecular complexity index is 1390. The van der Waals surface area contributed by atoms with Crippen molar-refractivity contribution >= 4 is 17.7 Å². The van der Waals surface area contributed by atoms with Crippen molar-refractivity contribution in [2.24, 2.45) is 28.8 Å². The number of rotatable bonds is 13. The average molecular weight is 795 g/mol. The Labute approximate surface area is 333 Å². The Morgan fingerprint density at radius 3 is 2.27 bits per heavy atom. The SMILES string of the molecule is CCCC(=O)O[C@H]1[C@H](C)[C@@H](O[C@@H]2O[C@H](C)C[C@H](N(C)C)[C@H]2O)C(C)(O)C[C@@H](C)/C(=N\OCCCOc2ccccc2)[C@H](C)[C@@H](O)[C@](C)(O)[C@@H](CC)OC(=O)[C@@H]1C. The van der Waals surface area contributed by atoms with Crippen LogP contribution in [0.3, 0.4) is 0 Å². The van der Waals surface area contributed by atoms with Crippen LogP contribution in [-0.4, -0.2) is 130 Å². The first-order valence-electron chi connectivity index (χ1n) is 20.3. The minimum Gasteiger partial charge on any atom is -0.493 e. The van der Waals surface area contributed by atoms with Crippen molar-refractivity contribution in [1.29, 1.82) is 0 Å². The van der Waals surface area contributed by atoms with Crippen molar-refractivity contribution in [3.8, 4) is 5.75 Å². The predicted octanol–water partition coefficient (Wildman–Crippen LogP) is 4.48. The zero-order valence-corrected chi connectivity index (χ0v) is 35.4. The number of aliphatic hydroxyl groups is 4. The van der Waals surface area contributed by atoms with Gasteiger partial charge in [-0.15, -0.1) is 0 Å². The fraction of sp³-hybridized carbons (Fsp3) is 0.786. The molecule has 0 aromatic heterocycles. The molecule has 0 radical (unpaired) electrons. The average Bonchev–Trinajstić information content (AvgIpc) is 3.14. The first-order chi connectivity index (χ1) is 26.3. The fourth-order valence-corrected chi connectivity index (χ4v) is 8.16. The number of hydrogen-bond donors (Lipinski definition) is 4. The highest BCUT2D eigenvalue weighted by atomic mass is 16.7. The molecule has 3 rings (SSSR count). The molecular formula is C42H70N2O12. The van der Waals surface area contributed by atoms with Gasteiger partial charge in [-0.05, 0) is 79.6 Å². The van der Waals surface area contributed by atoms with E-state index in [4.69, 9.17) is 28.5 Å². The number of hydrogen-bond acceptors (Lipinski definition) is 14. The number of benzene rings is 1. The summed E-state index contributed by atoms with van der Waals surface area (Å²) in [6, 6.07) is 9.07. The molecule has 4 N–H and O–H groups in total. The van der Waals surface area contributed by atoms with Gasteiger partial charge < -0.3 is 53.8 Å². The molecule has 0 amide bonds. The number of carbonyl (C=O) groups excluding carboxylic acids is 2. The van der Waals surface area contributed by atoms with Crippen LogP contribution in [0.2, 0.25) is 0 Å². The van der Waals surface area contributed by atoms with Crippen LogP contribution in [0, 0.1) is 23.7 Å². The molecule has 1 aromatic rings. The van der Waals surface area contributed by atoms with Crippen molar-refractivity contribution in [2.75, 3.05) is 27.3 Å². The standard InChI is InChI=1S/C42H70N2O12/c1-12-18-33(45)55-36-28(6)38(56-40-35(46)31(44(10)11)23-26(4)53-40)41(8,49)24-25(3)34(43-52-22-17-21-51-30-19-15-14-16-20-30)27(5)37(47)42(9,50)32(13-2)54-39(48)29(36)7/h14-16,19-20,25-29,31-32,35-38,40,46-47,49-50H,12-13,17-18,21-24H2,1-11H3/b43-34+/t25-,26-,27+,28+,29-,31+,32-,35-,36+,37-,38-,40+,41?,42-/m1/s1. The molecule has 14 atom stereocenters. The lowest BCUT2D eigenvalue weighted by molar-refractivity contribution is -0.299. The van der Waals surface area contributed by atoms with E-state index in [0.717, 1.165) is 5.75 Å². The normalized spacial score (nSPS) is 38.4. The van der Waals surface area contributed by atoms with E-state index in [1.165, 1.54) is 6.92 Å². The Morgan fingerprint density at radius 2 is 1.66 bits per heavy atom. The minimum absolute atomic E-state index is 0.0122. The van der Waals surface area contributed by atoms with Crippen LogP contribution in [-0.2, 0) is 33.4 Å². The van der Waals surface area contributed by atoms with Gasteiger partial charge in [-0.3, -0.25) is 9.59 Å². The number of para-hydroxylation sites is 1. The largest absolute Gasteiger partial charge is 0.493 e. The summed E-state index contributed by atoms with van der Waals surface area (Å²) < 4.78 is 30.5. The fourth-order valence-electron chi connectivity index (χ4n) is 8.16. The summed E-state index contributed by atoms with van der Waals surface area (Å²) in [5.74, 6) is -3.96. The lowest BCUT2D eigenvalue weighted by atomic mass is 9.73. The molecular weight excluding hydrogens is 724 g/mol. The van der Waals surface area contributed by atoms with Crippen LogP contribution in [0.1, 0.15) is 101 Å². The monoisotopic (exact) mass is 794 g/mol. The molecule has 14 nitrogen and oxygen atoms in total. The minimum atomic E-state index is -1.94. The van der Waals surface area contributed by atoms with Gasteiger partial charge in [0.25, 0.3) is 0 Å². The molecule has 2 heterocycles. The number of aliphatic hydroxyl groups excluding tert-OH is 2. The predicted molar refractivity (Wildman–Crippen MR) is 211 cm³/mol. The second kappa shape index (κ2) is 21.2. The molecule has 320 valence electrons. The third kappa shape index (κ3) is 12.3. The summed E-state index contributed by atoms with van der Waals surface area (Å²) in [6.07, 6.45) is -5.79. The van der Waals surface area contributed by atoms with Gasteiger partial charge in [0.05, 0.1) is 42.1 Å². The lowest BCUT2D eigenvalue weighted by Gasteiger charge is -2.47. The van der Waals surface area contributed by atoms with E-state index >= 15 is 0 Å². The number of cyclic esters (lactones) is 1. The van der Waals surface area contributed by atoms with Crippen molar-refractivity contribution in [3.05, 3.63) is 30.3 Å². The second-order valence-corrected chi connectivity index (χ2v) is 16.6. The highest BCUT2D eigenvalue weighted by Gasteiger charge is 2.52. The van der Waals surface area contributed by atoms with Crippen LogP contribution in [0.15, 0.2) is 35.5 Å². The summed E-state index contributed by atoms with van der Waals surface area (Å²) in [5.41, 5.74) is -3.34. The van der Waals surface area contributed by atoms with Crippen molar-refractivity contribution < 1.29 is 58.5 Å². The van der Waals surface area contributed by atoms with Gasteiger partial charge in [-0.2, -0.15) is 0 Å². The molecule has 2 saturated heterocycles. The Balaban J connectivity index is 2.10. The van der Waals surface area contributed by atoms with Gasteiger partial charge in [0.1, 0.15) is 36.3 Å². The molecule has 1 aromatic carbocycles. The topological polar surface area (TPSA) is 186 Å². The van der Waals surface area contributed by atoms with Gasteiger partial charge in [0.2, 0.25) is 0 Å². The van der Waals surface area contributed by atoms with Crippen LogP contribution in [0.4, 0.5) is 0 Å². The van der Waals surface area contributed by atoms with Crippen molar-refractivity contribution in [2.45, 2.75) is 161 Å². The number of nitrogens with zero attached hydrogens (tertiary/aromatic N) is 2. The smallest absolute Gasteiger partial charge is 0.312 e. The zero-order valence-electron chi connectivity index (χ0n) is 35.4. The Morgan fingerprint density at radius 1 is 1.00 bits per heavy atom. The lowest BCUT2D eigenvalue weighted by Crippen LogP contribution is -2.60. The molecule has 0 saturated carbocycles. The van der Waals surface area contributed by atoms with Gasteiger partial charge in [0.15, 0.2) is 6.29 Å². The summed E-state index contributed by atoms with van der Waals surface area (Å²) in [4.78, 5) is 34.8. The molecule has 0 aliphatic carbocycles. The highest BCUT2D eigenvalue weighted by molar-refractivity contribution is 5.88. The van der Waals surface area contributed by atoms with Crippen LogP contribution < -0.4 is 4.74 Å². The third-order valence-electron chi connectivity index (χ3n) is 11.4. The maximum absolute atomic E-state index is 14.0. The molecule has 2 fully saturated rings. The summed E-state index contributed by atoms with van der Waals surface area (Å²) in [6.45, 7) is 15.8. The van der Waals surface area contributed by atoms with Crippen molar-refractivity contribution in [1.82, 2.24) is 4.90 Å². The van der Waals surface area contributed by atoms with Crippen LogP contribution in [0.5, 0.6) is 5.75 Å². The number of likely N-dealkylation sites (N-methyl/N-ethyl adjacent to an activating group) is 1. The highest BCUT2D eigenvalue weighted by Crippen LogP contribution is 2.39. The number of esters is 2. The maximum Gasteiger partial charge on any atom is 0.312 e. The quantitative estimate of drug-likeness (QED) is 0.125. The van der Waals surface area contributed by atoms with Gasteiger partial charge in [-0.25, -0.2) is 0 Å². The molecule has 0 bridgehead atoms. The summed E-state index contributed by atoms with van der Waals surface area (Å²) in [7, 11) is 3.72. The van der Waals surface area contributed by atoms with Crippen LogP contribution >= 0.6 is 0 Å². The molecule has 14 heteroatoms. The molecule has 0 spiro atoms. The number of carbonyl (C=O) groups is 2. The van der Waals surface area contributed by atoms with E-state index < -0.39 is 83.6 Å². The first kappa shape index (κ1) is 47.5. The maximum atomic E-state index is 14.0. The van der Waals surface area contributed by atoms with E-state index in [2.05, 4.69) is 5.16 Å². The van der Waals surface area contributed by atoms with E-state index in [0.29, 0.717) is 31.6 Å². The number of oxime groups is 1. The first-order valence-corrected chi connectivity index (χ1v) is 20.3. The summed E-state index contributed by atoms with van der Waals surface area (Å²) >= 11 is 0. The van der Waals surface area contributed by atoms with E-state index in [1.807, 2.05) is 70.1 Å². The molecule has 2 aliphatic rings. The van der Waals surface area contributed by atoms with E-state index in [1.54, 1.807) is 34.6 Å². The van der Waals surface area contributed by atoms with Gasteiger partial charge >= 0.3 is 11.9 Å². The summed E-state index contributed by atoms with van der Waals surface area (Å²) in [5, 5.41) is 52.3. The van der Waals surface area contributed by atoms with E-state index in [-0.39, 0.29) is 38.0 Å². The van der Waals surface area contributed by atoms with Gasteiger partial charge in [0, 0.05) is 36.6 Å². The Kier molecular flexibility index (Phi) is 18.0. The number of ether oxygens (including phenoxy) is 5. The zero-order chi connectivity index (χ0) is 42.0. The third-order valence-corrected chi connectivity index (χ3v) is 11.4. The van der Waals surface area contributed by atoms with Gasteiger partial charge in [-0.1, -0.05) is 58.0 Å².